The molecule has 2 heterocycles. The van der Waals surface area contributed by atoms with Gasteiger partial charge >= 0.3 is 0 Å². The van der Waals surface area contributed by atoms with Crippen LogP contribution in [0.4, 0.5) is 5.95 Å². The summed E-state index contributed by atoms with van der Waals surface area (Å²) in [4.78, 5) is 23.6. The number of nitrogens with one attached hydrogen (secondary N) is 1. The highest BCUT2D eigenvalue weighted by Gasteiger charge is 2.09. The summed E-state index contributed by atoms with van der Waals surface area (Å²) >= 11 is 0. The minimum absolute atomic E-state index is 0.0589. The number of ether oxygens (including phenoxy) is 1. The van der Waals surface area contributed by atoms with Gasteiger partial charge in [0.05, 0.1) is 17.8 Å². The van der Waals surface area contributed by atoms with E-state index in [0.29, 0.717) is 35.5 Å². The Balaban J connectivity index is 1.99. The maximum atomic E-state index is 11.3. The molecule has 0 saturated heterocycles. The van der Waals surface area contributed by atoms with E-state index in [4.69, 9.17) is 9.26 Å². The fraction of sp³-hybridized carbons (Fsp3) is 0.417. The van der Waals surface area contributed by atoms with E-state index in [0.717, 1.165) is 0 Å². The van der Waals surface area contributed by atoms with Crippen LogP contribution in [0.1, 0.15) is 34.7 Å². The number of Topliss-reactive ketones (excluding diaryl/α,β-unsaturated/α-hetero) is 1. The number of anilines is 1. The number of nitrogens with zero attached hydrogens (tertiary/aromatic N) is 4. The second kappa shape index (κ2) is 6.20. The molecule has 1 N–H and O–H groups in total. The second-order valence-corrected chi connectivity index (χ2v) is 4.14. The van der Waals surface area contributed by atoms with Crippen molar-refractivity contribution in [1.82, 2.24) is 20.1 Å². The largest absolute Gasteiger partial charge is 0.375 e. The highest BCUT2D eigenvalue weighted by Crippen LogP contribution is 2.08. The lowest BCUT2D eigenvalue weighted by Crippen LogP contribution is -2.08. The van der Waals surface area contributed by atoms with Gasteiger partial charge in [-0.15, -0.1) is 0 Å². The van der Waals surface area contributed by atoms with Crippen molar-refractivity contribution >= 4 is 11.7 Å². The molecule has 8 heteroatoms. The van der Waals surface area contributed by atoms with E-state index in [-0.39, 0.29) is 12.4 Å². The van der Waals surface area contributed by atoms with E-state index in [9.17, 15) is 4.79 Å². The van der Waals surface area contributed by atoms with Gasteiger partial charge in [0.1, 0.15) is 6.61 Å². The molecule has 2 rings (SSSR count). The standard InChI is InChI=1S/C12H15N5O3/c1-7-9(8(2)18)4-13-12(15-7)14-5-10-16-11(6-19-3)20-17-10/h4H,5-6H2,1-3H3,(H,13,14,15). The van der Waals surface area contributed by atoms with Crippen LogP contribution in [0.25, 0.3) is 0 Å². The highest BCUT2D eigenvalue weighted by atomic mass is 16.5. The molecule has 2 aromatic heterocycles. The van der Waals surface area contributed by atoms with Crippen LogP contribution in [0.2, 0.25) is 0 Å². The predicted molar refractivity (Wildman–Crippen MR) is 69.1 cm³/mol. The summed E-state index contributed by atoms with van der Waals surface area (Å²) in [6.45, 7) is 3.84. The van der Waals surface area contributed by atoms with E-state index in [1.165, 1.54) is 13.1 Å². The SMILES string of the molecule is COCc1nc(CNc2ncc(C(C)=O)c(C)n2)no1. The molecular weight excluding hydrogens is 262 g/mol. The Kier molecular flexibility index (Phi) is 4.36. The molecule has 0 aliphatic rings. The number of aryl methyl sites for hydroxylation is 1. The molecule has 0 aliphatic carbocycles. The molecule has 0 atom stereocenters. The smallest absolute Gasteiger partial charge is 0.252 e. The van der Waals surface area contributed by atoms with Gasteiger partial charge in [-0.3, -0.25) is 4.79 Å². The van der Waals surface area contributed by atoms with E-state index in [1.807, 2.05) is 0 Å². The van der Waals surface area contributed by atoms with Crippen LogP contribution in [0.15, 0.2) is 10.7 Å². The lowest BCUT2D eigenvalue weighted by atomic mass is 10.2. The van der Waals surface area contributed by atoms with Crippen molar-refractivity contribution in [2.45, 2.75) is 27.0 Å². The third kappa shape index (κ3) is 3.35. The minimum Gasteiger partial charge on any atom is -0.375 e. The fourth-order valence-electron chi connectivity index (χ4n) is 1.60. The lowest BCUT2D eigenvalue weighted by Gasteiger charge is -2.04. The van der Waals surface area contributed by atoms with Gasteiger partial charge in [0.15, 0.2) is 11.6 Å². The monoisotopic (exact) mass is 277 g/mol. The van der Waals surface area contributed by atoms with E-state index in [1.54, 1.807) is 14.0 Å². The second-order valence-electron chi connectivity index (χ2n) is 4.14. The Morgan fingerprint density at radius 1 is 1.45 bits per heavy atom. The van der Waals surface area contributed by atoms with Crippen LogP contribution >= 0.6 is 0 Å². The van der Waals surface area contributed by atoms with Gasteiger partial charge < -0.3 is 14.6 Å². The van der Waals surface area contributed by atoms with Gasteiger partial charge in [-0.2, -0.15) is 4.98 Å². The first-order valence-corrected chi connectivity index (χ1v) is 5.99. The van der Waals surface area contributed by atoms with Crippen molar-refractivity contribution in [1.29, 1.82) is 0 Å². The molecule has 0 bridgehead atoms. The van der Waals surface area contributed by atoms with Crippen LogP contribution < -0.4 is 5.32 Å². The van der Waals surface area contributed by atoms with Gasteiger partial charge in [0, 0.05) is 13.3 Å². The number of methoxy groups -OCH3 is 1. The summed E-state index contributed by atoms with van der Waals surface area (Å²) in [6, 6.07) is 0. The summed E-state index contributed by atoms with van der Waals surface area (Å²) < 4.78 is 9.84. The number of carbonyl (C=O) groups excluding carboxylic acids is 1. The first kappa shape index (κ1) is 14.1. The molecule has 0 aliphatic heterocycles. The minimum atomic E-state index is -0.0589. The molecule has 0 fully saturated rings. The summed E-state index contributed by atoms with van der Waals surface area (Å²) in [7, 11) is 1.55. The zero-order valence-electron chi connectivity index (χ0n) is 11.5. The third-order valence-corrected chi connectivity index (χ3v) is 2.54. The van der Waals surface area contributed by atoms with Gasteiger partial charge in [-0.25, -0.2) is 9.97 Å². The maximum Gasteiger partial charge on any atom is 0.252 e. The topological polar surface area (TPSA) is 103 Å². The normalized spacial score (nSPS) is 10.6. The lowest BCUT2D eigenvalue weighted by molar-refractivity contribution is 0.101. The van der Waals surface area contributed by atoms with Gasteiger partial charge in [0.2, 0.25) is 5.95 Å². The van der Waals surface area contributed by atoms with Crippen molar-refractivity contribution in [3.63, 3.8) is 0 Å². The zero-order valence-corrected chi connectivity index (χ0v) is 11.5. The van der Waals surface area contributed by atoms with Gasteiger partial charge in [-0.05, 0) is 13.8 Å². The Morgan fingerprint density at radius 3 is 2.90 bits per heavy atom. The molecule has 0 saturated carbocycles. The maximum absolute atomic E-state index is 11.3. The van der Waals surface area contributed by atoms with E-state index in [2.05, 4.69) is 25.4 Å². The Morgan fingerprint density at radius 2 is 2.25 bits per heavy atom. The number of carbonyl (C=O) groups is 1. The first-order valence-electron chi connectivity index (χ1n) is 5.99. The average molecular weight is 277 g/mol. The molecule has 20 heavy (non-hydrogen) atoms. The Labute approximate surface area is 115 Å². The van der Waals surface area contributed by atoms with Crippen molar-refractivity contribution in [2.24, 2.45) is 0 Å². The summed E-state index contributed by atoms with van der Waals surface area (Å²) in [5, 5.41) is 6.74. The Hall–Kier alpha value is -2.35. The number of hydrogen-bond acceptors (Lipinski definition) is 8. The molecule has 2 aromatic rings. The molecule has 0 radical (unpaired) electrons. The molecule has 8 nitrogen and oxygen atoms in total. The zero-order chi connectivity index (χ0) is 14.5. The molecule has 0 amide bonds. The average Bonchev–Trinajstić information content (AvgIpc) is 2.84. The van der Waals surface area contributed by atoms with Crippen molar-refractivity contribution < 1.29 is 14.1 Å². The van der Waals surface area contributed by atoms with Crippen molar-refractivity contribution in [3.8, 4) is 0 Å². The highest BCUT2D eigenvalue weighted by molar-refractivity contribution is 5.94. The number of aromatic nitrogens is 4. The van der Waals surface area contributed by atoms with Gasteiger partial charge in [0.25, 0.3) is 5.89 Å². The molecular formula is C12H15N5O3. The molecule has 0 spiro atoms. The number of rotatable bonds is 6. The van der Waals surface area contributed by atoms with E-state index >= 15 is 0 Å². The summed E-state index contributed by atoms with van der Waals surface area (Å²) in [5.74, 6) is 1.24. The van der Waals surface area contributed by atoms with Crippen LogP contribution in [0.5, 0.6) is 0 Å². The number of ketones is 1. The molecule has 0 aromatic carbocycles. The Bertz CT molecular complexity index is 611. The van der Waals surface area contributed by atoms with Gasteiger partial charge in [-0.1, -0.05) is 5.16 Å². The fourth-order valence-corrected chi connectivity index (χ4v) is 1.60. The van der Waals surface area contributed by atoms with Crippen LogP contribution in [-0.2, 0) is 17.9 Å². The van der Waals surface area contributed by atoms with Crippen LogP contribution in [0.3, 0.4) is 0 Å². The van der Waals surface area contributed by atoms with Crippen molar-refractivity contribution in [3.05, 3.63) is 29.2 Å². The summed E-state index contributed by atoms with van der Waals surface area (Å²) in [5.41, 5.74) is 1.14. The first-order chi connectivity index (χ1) is 9.60. The van der Waals surface area contributed by atoms with Crippen LogP contribution in [-0.4, -0.2) is 33.0 Å². The quantitative estimate of drug-likeness (QED) is 0.784. The molecule has 106 valence electrons. The predicted octanol–water partition coefficient (Wildman–Crippen LogP) is 1.13. The molecule has 0 unspecified atom stereocenters. The van der Waals surface area contributed by atoms with Crippen molar-refractivity contribution in [2.75, 3.05) is 12.4 Å². The number of hydrogen-bond donors (Lipinski definition) is 1. The van der Waals surface area contributed by atoms with E-state index < -0.39 is 0 Å². The summed E-state index contributed by atoms with van der Waals surface area (Å²) in [6.07, 6.45) is 1.50. The van der Waals surface area contributed by atoms with Crippen LogP contribution in [0, 0.1) is 6.92 Å². The third-order valence-electron chi connectivity index (χ3n) is 2.54.